The van der Waals surface area contributed by atoms with Crippen molar-refractivity contribution in [2.45, 2.75) is 19.4 Å². The molecule has 0 aliphatic carbocycles. The fourth-order valence-corrected chi connectivity index (χ4v) is 2.94. The molecule has 2 rings (SSSR count). The maximum Gasteiger partial charge on any atom is 0.0791 e. The molecule has 1 unspecified atom stereocenters. The fourth-order valence-electron chi connectivity index (χ4n) is 2.69. The Morgan fingerprint density at radius 1 is 1.24 bits per heavy atom. The summed E-state index contributed by atoms with van der Waals surface area (Å²) >= 11 is 6.25. The van der Waals surface area contributed by atoms with Gasteiger partial charge in [0.2, 0.25) is 0 Å². The summed E-state index contributed by atoms with van der Waals surface area (Å²) in [5, 5.41) is 14.1. The zero-order chi connectivity index (χ0) is 15.1. The molecule has 0 aromatic heterocycles. The molecular formula is C16H26ClN3O. The van der Waals surface area contributed by atoms with Crippen molar-refractivity contribution < 1.29 is 5.11 Å². The number of halogens is 1. The van der Waals surface area contributed by atoms with Gasteiger partial charge in [-0.25, -0.2) is 0 Å². The van der Waals surface area contributed by atoms with Crippen LogP contribution in [0.25, 0.3) is 0 Å². The molecular weight excluding hydrogens is 286 g/mol. The molecule has 0 amide bonds. The molecule has 1 aliphatic heterocycles. The van der Waals surface area contributed by atoms with E-state index in [0.717, 1.165) is 56.4 Å². The third-order valence-corrected chi connectivity index (χ3v) is 4.16. The smallest absolute Gasteiger partial charge is 0.0791 e. The highest BCUT2D eigenvalue weighted by Gasteiger charge is 2.20. The van der Waals surface area contributed by atoms with E-state index in [-0.39, 0.29) is 6.10 Å². The Morgan fingerprint density at radius 3 is 2.62 bits per heavy atom. The molecule has 4 nitrogen and oxygen atoms in total. The second-order valence-electron chi connectivity index (χ2n) is 5.60. The number of piperazine rings is 1. The van der Waals surface area contributed by atoms with Crippen molar-refractivity contribution >= 4 is 17.3 Å². The molecule has 1 fully saturated rings. The Hall–Kier alpha value is -0.810. The Morgan fingerprint density at radius 2 is 1.95 bits per heavy atom. The van der Waals surface area contributed by atoms with Crippen molar-refractivity contribution in [2.24, 2.45) is 0 Å². The van der Waals surface area contributed by atoms with Crippen LogP contribution in [-0.4, -0.2) is 61.9 Å². The molecule has 0 radical (unpaired) electrons. The number of nitrogens with zero attached hydrogens (tertiary/aromatic N) is 2. The van der Waals surface area contributed by atoms with Crippen molar-refractivity contribution in [3.8, 4) is 0 Å². The van der Waals surface area contributed by atoms with Crippen LogP contribution in [0.5, 0.6) is 0 Å². The number of aliphatic hydroxyl groups is 1. The van der Waals surface area contributed by atoms with Gasteiger partial charge in [-0.15, -0.1) is 0 Å². The summed E-state index contributed by atoms with van der Waals surface area (Å²) in [6.45, 7) is 8.38. The highest BCUT2D eigenvalue weighted by Crippen LogP contribution is 2.25. The first-order chi connectivity index (χ1) is 10.2. The van der Waals surface area contributed by atoms with E-state index in [1.165, 1.54) is 0 Å². The van der Waals surface area contributed by atoms with Crippen LogP contribution in [0.15, 0.2) is 24.3 Å². The maximum absolute atomic E-state index is 10.0. The van der Waals surface area contributed by atoms with Gasteiger partial charge in [0.05, 0.1) is 16.8 Å². The van der Waals surface area contributed by atoms with Crippen LogP contribution >= 0.6 is 11.6 Å². The third kappa shape index (κ3) is 5.15. The van der Waals surface area contributed by atoms with E-state index in [4.69, 9.17) is 11.6 Å². The first-order valence-electron chi connectivity index (χ1n) is 7.81. The highest BCUT2D eigenvalue weighted by atomic mass is 35.5. The van der Waals surface area contributed by atoms with E-state index in [1.807, 2.05) is 18.2 Å². The normalized spacial score (nSPS) is 18.0. The van der Waals surface area contributed by atoms with Crippen molar-refractivity contribution in [1.29, 1.82) is 0 Å². The van der Waals surface area contributed by atoms with Crippen LogP contribution in [0.2, 0.25) is 5.02 Å². The Bertz CT molecular complexity index is 422. The molecule has 0 bridgehead atoms. The first-order valence-corrected chi connectivity index (χ1v) is 8.19. The molecule has 21 heavy (non-hydrogen) atoms. The lowest BCUT2D eigenvalue weighted by molar-refractivity contribution is 0.108. The average molecular weight is 312 g/mol. The molecule has 0 spiro atoms. The van der Waals surface area contributed by atoms with Gasteiger partial charge in [-0.2, -0.15) is 0 Å². The molecule has 118 valence electrons. The molecule has 1 aromatic rings. The molecule has 1 heterocycles. The minimum atomic E-state index is -0.289. The first kappa shape index (κ1) is 16.6. The summed E-state index contributed by atoms with van der Waals surface area (Å²) < 4.78 is 0. The van der Waals surface area contributed by atoms with Crippen LogP contribution in [0.1, 0.15) is 13.3 Å². The van der Waals surface area contributed by atoms with Crippen molar-refractivity contribution in [3.05, 3.63) is 29.3 Å². The zero-order valence-electron chi connectivity index (χ0n) is 12.8. The molecule has 1 aromatic carbocycles. The Kier molecular flexibility index (Phi) is 6.77. The van der Waals surface area contributed by atoms with Gasteiger partial charge in [0.1, 0.15) is 0 Å². The van der Waals surface area contributed by atoms with Gasteiger partial charge in [0, 0.05) is 39.3 Å². The van der Waals surface area contributed by atoms with E-state index in [1.54, 1.807) is 0 Å². The average Bonchev–Trinajstić information content (AvgIpc) is 2.49. The summed E-state index contributed by atoms with van der Waals surface area (Å²) in [6.07, 6.45) is 0.812. The number of β-amino-alcohol motifs (C(OH)–C–C–N with tert-alkyl or cyclic N) is 1. The quantitative estimate of drug-likeness (QED) is 0.754. The number of aliphatic hydroxyl groups excluding tert-OH is 1. The van der Waals surface area contributed by atoms with Gasteiger partial charge < -0.3 is 15.3 Å². The predicted molar refractivity (Wildman–Crippen MR) is 89.3 cm³/mol. The monoisotopic (exact) mass is 311 g/mol. The van der Waals surface area contributed by atoms with Gasteiger partial charge in [0.25, 0.3) is 0 Å². The number of hydrogen-bond acceptors (Lipinski definition) is 4. The number of nitrogens with one attached hydrogen (secondary N) is 1. The summed E-state index contributed by atoms with van der Waals surface area (Å²) in [6, 6.07) is 7.99. The van der Waals surface area contributed by atoms with E-state index < -0.39 is 0 Å². The van der Waals surface area contributed by atoms with E-state index >= 15 is 0 Å². The number of hydrogen-bond donors (Lipinski definition) is 2. The van der Waals surface area contributed by atoms with Crippen LogP contribution in [0.4, 0.5) is 5.69 Å². The summed E-state index contributed by atoms with van der Waals surface area (Å²) in [7, 11) is 0. The molecule has 5 heteroatoms. The van der Waals surface area contributed by atoms with E-state index in [2.05, 4.69) is 28.1 Å². The number of para-hydroxylation sites is 1. The third-order valence-electron chi connectivity index (χ3n) is 3.84. The second kappa shape index (κ2) is 8.59. The van der Waals surface area contributed by atoms with Crippen LogP contribution in [0.3, 0.4) is 0 Å². The lowest BCUT2D eigenvalue weighted by Crippen LogP contribution is -2.49. The SMILES string of the molecule is CCCNCC(O)CN1CCN(c2ccccc2Cl)CC1. The highest BCUT2D eigenvalue weighted by molar-refractivity contribution is 6.33. The van der Waals surface area contributed by atoms with Gasteiger partial charge in [0.15, 0.2) is 0 Å². The zero-order valence-corrected chi connectivity index (χ0v) is 13.5. The molecule has 2 N–H and O–H groups in total. The lowest BCUT2D eigenvalue weighted by Gasteiger charge is -2.37. The maximum atomic E-state index is 10.0. The molecule has 1 saturated heterocycles. The van der Waals surface area contributed by atoms with E-state index in [9.17, 15) is 5.11 Å². The lowest BCUT2D eigenvalue weighted by atomic mass is 10.2. The predicted octanol–water partition coefficient (Wildman–Crippen LogP) is 1.82. The number of benzene rings is 1. The van der Waals surface area contributed by atoms with Crippen molar-refractivity contribution in [3.63, 3.8) is 0 Å². The van der Waals surface area contributed by atoms with Gasteiger partial charge in [-0.1, -0.05) is 30.7 Å². The summed E-state index contributed by atoms with van der Waals surface area (Å²) in [5.74, 6) is 0. The van der Waals surface area contributed by atoms with Crippen LogP contribution in [-0.2, 0) is 0 Å². The van der Waals surface area contributed by atoms with Gasteiger partial charge in [-0.3, -0.25) is 4.90 Å². The largest absolute Gasteiger partial charge is 0.390 e. The number of rotatable bonds is 7. The van der Waals surface area contributed by atoms with Crippen LogP contribution < -0.4 is 10.2 Å². The Balaban J connectivity index is 1.74. The van der Waals surface area contributed by atoms with E-state index in [0.29, 0.717) is 6.54 Å². The Labute approximate surface area is 132 Å². The topological polar surface area (TPSA) is 38.7 Å². The fraction of sp³-hybridized carbons (Fsp3) is 0.625. The van der Waals surface area contributed by atoms with Crippen LogP contribution in [0, 0.1) is 0 Å². The number of anilines is 1. The van der Waals surface area contributed by atoms with Crippen molar-refractivity contribution in [2.75, 3.05) is 50.7 Å². The van der Waals surface area contributed by atoms with Crippen molar-refractivity contribution in [1.82, 2.24) is 10.2 Å². The molecule has 0 saturated carbocycles. The summed E-state index contributed by atoms with van der Waals surface area (Å²) in [5.41, 5.74) is 1.11. The second-order valence-corrected chi connectivity index (χ2v) is 6.00. The standard InChI is InChI=1S/C16H26ClN3O/c1-2-7-18-12-14(21)13-19-8-10-20(11-9-19)16-6-4-3-5-15(16)17/h3-6,14,18,21H,2,7-13H2,1H3. The molecule has 1 atom stereocenters. The summed E-state index contributed by atoms with van der Waals surface area (Å²) in [4.78, 5) is 4.65. The minimum Gasteiger partial charge on any atom is -0.390 e. The van der Waals surface area contributed by atoms with Gasteiger partial charge in [-0.05, 0) is 25.1 Å². The minimum absolute atomic E-state index is 0.289. The van der Waals surface area contributed by atoms with Gasteiger partial charge >= 0.3 is 0 Å². The molecule has 1 aliphatic rings.